The molecule has 1 saturated heterocycles. The molecule has 2 aliphatic carbocycles. The van der Waals surface area contributed by atoms with E-state index in [1.165, 1.54) is 11.1 Å². The van der Waals surface area contributed by atoms with E-state index in [4.69, 9.17) is 4.74 Å². The fraction of sp³-hybridized carbons (Fsp3) is 0.647. The molecular weight excluding hydrogens is 266 g/mol. The van der Waals surface area contributed by atoms with Crippen molar-refractivity contribution in [2.24, 2.45) is 5.92 Å². The van der Waals surface area contributed by atoms with Crippen LogP contribution in [0.5, 0.6) is 11.5 Å². The van der Waals surface area contributed by atoms with Gasteiger partial charge in [-0.3, -0.25) is 0 Å². The van der Waals surface area contributed by atoms with Crippen LogP contribution in [0.25, 0.3) is 0 Å². The molecular formula is C17H21NO3. The van der Waals surface area contributed by atoms with Gasteiger partial charge < -0.3 is 19.8 Å². The topological polar surface area (TPSA) is 52.9 Å². The number of hydrogen-bond donors (Lipinski definition) is 2. The van der Waals surface area contributed by atoms with Crippen LogP contribution in [0.2, 0.25) is 0 Å². The van der Waals surface area contributed by atoms with Gasteiger partial charge in [0.15, 0.2) is 11.5 Å². The van der Waals surface area contributed by atoms with Crippen molar-refractivity contribution in [3.63, 3.8) is 0 Å². The summed E-state index contributed by atoms with van der Waals surface area (Å²) in [6.45, 7) is 1.04. The standard InChI is InChI=1S/C17H21NO3/c1-18-7-6-17-10-3-5-13(20)16(17)21-15-12(19)4-2-9(14(15)17)8-11(10)18/h2,4,10-11,13,16,19-20H,3,5-8H2,1H3/t10-,11+,13?,16?,17-/m0/s1. The molecule has 1 aromatic rings. The molecule has 5 rings (SSSR count). The van der Waals surface area contributed by atoms with Crippen LogP contribution in [0.15, 0.2) is 12.1 Å². The van der Waals surface area contributed by atoms with Crippen LogP contribution in [0, 0.1) is 5.92 Å². The number of benzene rings is 1. The summed E-state index contributed by atoms with van der Waals surface area (Å²) in [5.74, 6) is 1.44. The Hall–Kier alpha value is -1.26. The molecule has 1 aromatic carbocycles. The number of nitrogens with zero attached hydrogens (tertiary/aromatic N) is 1. The minimum atomic E-state index is -0.414. The Kier molecular flexibility index (Phi) is 2.19. The van der Waals surface area contributed by atoms with E-state index in [-0.39, 0.29) is 17.3 Å². The van der Waals surface area contributed by atoms with Gasteiger partial charge in [0.1, 0.15) is 6.10 Å². The number of rotatable bonds is 0. The minimum absolute atomic E-state index is 0.0729. The average molecular weight is 287 g/mol. The van der Waals surface area contributed by atoms with E-state index in [1.54, 1.807) is 6.07 Å². The van der Waals surface area contributed by atoms with Gasteiger partial charge in [-0.1, -0.05) is 6.07 Å². The Labute approximate surface area is 124 Å². The third-order valence-electron chi connectivity index (χ3n) is 6.56. The third kappa shape index (κ3) is 1.25. The molecule has 1 saturated carbocycles. The summed E-state index contributed by atoms with van der Waals surface area (Å²) in [5, 5.41) is 20.8. The number of likely N-dealkylation sites (N-methyl/N-ethyl adjacent to an activating group) is 1. The van der Waals surface area contributed by atoms with E-state index in [9.17, 15) is 10.2 Å². The molecule has 2 heterocycles. The number of piperidine rings is 1. The zero-order valence-electron chi connectivity index (χ0n) is 12.2. The molecule has 2 N–H and O–H groups in total. The lowest BCUT2D eigenvalue weighted by molar-refractivity contribution is -0.0993. The molecule has 2 fully saturated rings. The number of hydrogen-bond acceptors (Lipinski definition) is 4. The van der Waals surface area contributed by atoms with Crippen molar-refractivity contribution in [2.45, 2.75) is 49.3 Å². The lowest BCUT2D eigenvalue weighted by atomic mass is 9.51. The van der Waals surface area contributed by atoms with Crippen molar-refractivity contribution in [3.05, 3.63) is 23.3 Å². The van der Waals surface area contributed by atoms with Gasteiger partial charge in [-0.15, -0.1) is 0 Å². The number of likely N-dealkylation sites (tertiary alicyclic amines) is 1. The Morgan fingerprint density at radius 2 is 2.19 bits per heavy atom. The second-order valence-electron chi connectivity index (χ2n) is 7.28. The van der Waals surface area contributed by atoms with Gasteiger partial charge in [-0.05, 0) is 56.8 Å². The molecule has 4 aliphatic rings. The van der Waals surface area contributed by atoms with Gasteiger partial charge in [-0.25, -0.2) is 0 Å². The van der Waals surface area contributed by atoms with Crippen molar-refractivity contribution >= 4 is 0 Å². The molecule has 2 unspecified atom stereocenters. The first-order chi connectivity index (χ1) is 10.1. The first-order valence-electron chi connectivity index (χ1n) is 8.03. The smallest absolute Gasteiger partial charge is 0.165 e. The van der Waals surface area contributed by atoms with Crippen LogP contribution < -0.4 is 4.74 Å². The number of ether oxygens (including phenoxy) is 1. The number of phenolic OH excluding ortho intramolecular Hbond substituents is 1. The van der Waals surface area contributed by atoms with Crippen molar-refractivity contribution in [1.29, 1.82) is 0 Å². The summed E-state index contributed by atoms with van der Waals surface area (Å²) in [7, 11) is 2.22. The lowest BCUT2D eigenvalue weighted by Crippen LogP contribution is -2.66. The maximum atomic E-state index is 10.5. The highest BCUT2D eigenvalue weighted by Gasteiger charge is 2.65. The predicted octanol–water partition coefficient (Wildman–Crippen LogP) is 1.42. The molecule has 4 nitrogen and oxygen atoms in total. The largest absolute Gasteiger partial charge is 0.504 e. The highest BCUT2D eigenvalue weighted by Crippen LogP contribution is 2.63. The van der Waals surface area contributed by atoms with Crippen LogP contribution in [-0.2, 0) is 11.8 Å². The Morgan fingerprint density at radius 1 is 1.33 bits per heavy atom. The molecule has 4 heteroatoms. The van der Waals surface area contributed by atoms with Gasteiger partial charge in [0, 0.05) is 17.0 Å². The summed E-state index contributed by atoms with van der Waals surface area (Å²) in [6.07, 6.45) is 3.35. The SMILES string of the molecule is CN1CC[C@]23c4c5ccc(O)c4OC2C(O)CC[C@H]3[C@H]1C5. The van der Waals surface area contributed by atoms with Crippen LogP contribution in [0.3, 0.4) is 0 Å². The van der Waals surface area contributed by atoms with Gasteiger partial charge in [0.05, 0.1) is 6.10 Å². The molecule has 2 aliphatic heterocycles. The minimum Gasteiger partial charge on any atom is -0.504 e. The molecule has 112 valence electrons. The van der Waals surface area contributed by atoms with Crippen molar-refractivity contribution in [2.75, 3.05) is 13.6 Å². The first-order valence-corrected chi connectivity index (χ1v) is 8.03. The van der Waals surface area contributed by atoms with E-state index in [0.29, 0.717) is 17.7 Å². The van der Waals surface area contributed by atoms with E-state index in [0.717, 1.165) is 32.2 Å². The average Bonchev–Trinajstić information content (AvgIpc) is 2.83. The summed E-state index contributed by atoms with van der Waals surface area (Å²) in [4.78, 5) is 2.48. The van der Waals surface area contributed by atoms with E-state index in [1.807, 2.05) is 0 Å². The monoisotopic (exact) mass is 287 g/mol. The normalized spacial score (nSPS) is 43.3. The van der Waals surface area contributed by atoms with Gasteiger partial charge >= 0.3 is 0 Å². The lowest BCUT2D eigenvalue weighted by Gasteiger charge is -2.58. The number of aliphatic hydroxyl groups excluding tert-OH is 1. The van der Waals surface area contributed by atoms with Gasteiger partial charge in [0.25, 0.3) is 0 Å². The molecule has 0 aromatic heterocycles. The number of phenols is 1. The highest BCUT2D eigenvalue weighted by molar-refractivity contribution is 5.60. The predicted molar refractivity (Wildman–Crippen MR) is 77.7 cm³/mol. The zero-order valence-corrected chi connectivity index (χ0v) is 12.2. The van der Waals surface area contributed by atoms with Crippen LogP contribution in [-0.4, -0.2) is 47.0 Å². The summed E-state index contributed by atoms with van der Waals surface area (Å²) < 4.78 is 6.14. The maximum absolute atomic E-state index is 10.5. The molecule has 1 spiro atoms. The van der Waals surface area contributed by atoms with E-state index in [2.05, 4.69) is 18.0 Å². The van der Waals surface area contributed by atoms with E-state index < -0.39 is 6.10 Å². The summed E-state index contributed by atoms with van der Waals surface area (Å²) in [6, 6.07) is 4.36. The second kappa shape index (κ2) is 3.73. The van der Waals surface area contributed by atoms with Crippen LogP contribution >= 0.6 is 0 Å². The van der Waals surface area contributed by atoms with Crippen molar-refractivity contribution < 1.29 is 14.9 Å². The van der Waals surface area contributed by atoms with Gasteiger partial charge in [0.2, 0.25) is 0 Å². The fourth-order valence-corrected chi connectivity index (χ4v) is 5.71. The van der Waals surface area contributed by atoms with Crippen LogP contribution in [0.1, 0.15) is 30.4 Å². The van der Waals surface area contributed by atoms with Gasteiger partial charge in [-0.2, -0.15) is 0 Å². The van der Waals surface area contributed by atoms with Crippen molar-refractivity contribution in [1.82, 2.24) is 4.90 Å². The zero-order chi connectivity index (χ0) is 14.4. The Bertz CT molecular complexity index is 631. The molecule has 5 atom stereocenters. The molecule has 21 heavy (non-hydrogen) atoms. The second-order valence-corrected chi connectivity index (χ2v) is 7.28. The van der Waals surface area contributed by atoms with Crippen LogP contribution in [0.4, 0.5) is 0 Å². The molecule has 2 bridgehead atoms. The summed E-state index contributed by atoms with van der Waals surface area (Å²) in [5.41, 5.74) is 2.46. The fourth-order valence-electron chi connectivity index (χ4n) is 5.71. The molecule has 0 amide bonds. The number of aromatic hydroxyl groups is 1. The first kappa shape index (κ1) is 12.3. The quantitative estimate of drug-likeness (QED) is 0.758. The maximum Gasteiger partial charge on any atom is 0.165 e. The van der Waals surface area contributed by atoms with Crippen molar-refractivity contribution in [3.8, 4) is 11.5 Å². The third-order valence-corrected chi connectivity index (χ3v) is 6.56. The Balaban J connectivity index is 1.81. The number of aliphatic hydroxyl groups is 1. The molecule has 0 radical (unpaired) electrons. The highest BCUT2D eigenvalue weighted by atomic mass is 16.5. The Morgan fingerprint density at radius 3 is 3.05 bits per heavy atom. The summed E-state index contributed by atoms with van der Waals surface area (Å²) >= 11 is 0. The van der Waals surface area contributed by atoms with E-state index >= 15 is 0 Å².